The molecule has 5 heteroatoms. The molecule has 1 rings (SSSR count). The molecule has 49 valence electrons. The SMILES string of the molecule is CN1[C]=C([N+](=O)[O-])NC1. The molecule has 0 aliphatic carbocycles. The molecule has 1 aliphatic rings. The van der Waals surface area contributed by atoms with Crippen LogP contribution in [0.5, 0.6) is 0 Å². The van der Waals surface area contributed by atoms with Crippen LogP contribution in [0.15, 0.2) is 5.82 Å². The molecule has 9 heavy (non-hydrogen) atoms. The van der Waals surface area contributed by atoms with Crippen molar-refractivity contribution in [3.8, 4) is 0 Å². The van der Waals surface area contributed by atoms with Gasteiger partial charge < -0.3 is 15.0 Å². The maximum absolute atomic E-state index is 9.96. The molecule has 0 saturated carbocycles. The zero-order valence-electron chi connectivity index (χ0n) is 4.92. The van der Waals surface area contributed by atoms with Gasteiger partial charge in [0.25, 0.3) is 0 Å². The maximum Gasteiger partial charge on any atom is 0.343 e. The first kappa shape index (κ1) is 5.87. The van der Waals surface area contributed by atoms with Crippen LogP contribution in [0.3, 0.4) is 0 Å². The summed E-state index contributed by atoms with van der Waals surface area (Å²) in [6.07, 6.45) is 2.49. The molecule has 0 atom stereocenters. The zero-order valence-corrected chi connectivity index (χ0v) is 4.92. The normalized spacial score (nSPS) is 17.0. The van der Waals surface area contributed by atoms with E-state index in [1.807, 2.05) is 0 Å². The number of rotatable bonds is 1. The Morgan fingerprint density at radius 1 is 2.00 bits per heavy atom. The molecule has 1 N–H and O–H groups in total. The van der Waals surface area contributed by atoms with Gasteiger partial charge in [-0.1, -0.05) is 0 Å². The number of hydrogen-bond acceptors (Lipinski definition) is 4. The summed E-state index contributed by atoms with van der Waals surface area (Å²) >= 11 is 0. The zero-order chi connectivity index (χ0) is 6.85. The summed E-state index contributed by atoms with van der Waals surface area (Å²) in [6.45, 7) is 0.469. The summed E-state index contributed by atoms with van der Waals surface area (Å²) in [5, 5.41) is 12.5. The lowest BCUT2D eigenvalue weighted by molar-refractivity contribution is -0.431. The number of nitro groups is 1. The van der Waals surface area contributed by atoms with E-state index in [1.165, 1.54) is 0 Å². The summed E-state index contributed by atoms with van der Waals surface area (Å²) in [7, 11) is 1.71. The molecular weight excluding hydrogens is 122 g/mol. The van der Waals surface area contributed by atoms with E-state index >= 15 is 0 Å². The minimum atomic E-state index is -0.497. The van der Waals surface area contributed by atoms with Gasteiger partial charge in [-0.05, 0) is 4.92 Å². The first-order valence-corrected chi connectivity index (χ1v) is 2.43. The van der Waals surface area contributed by atoms with Gasteiger partial charge in [0.2, 0.25) is 0 Å². The highest BCUT2D eigenvalue weighted by molar-refractivity contribution is 4.87. The first-order chi connectivity index (χ1) is 4.20. The van der Waals surface area contributed by atoms with E-state index in [9.17, 15) is 10.1 Å². The Kier molecular flexibility index (Phi) is 1.26. The van der Waals surface area contributed by atoms with Gasteiger partial charge in [0, 0.05) is 7.05 Å². The topological polar surface area (TPSA) is 58.4 Å². The van der Waals surface area contributed by atoms with Crippen LogP contribution in [0.4, 0.5) is 0 Å². The van der Waals surface area contributed by atoms with E-state index in [-0.39, 0.29) is 5.82 Å². The fourth-order valence-corrected chi connectivity index (χ4v) is 0.559. The lowest BCUT2D eigenvalue weighted by Crippen LogP contribution is -2.19. The molecule has 5 nitrogen and oxygen atoms in total. The van der Waals surface area contributed by atoms with Crippen molar-refractivity contribution in [3.05, 3.63) is 22.1 Å². The predicted octanol–water partition coefficient (Wildman–Crippen LogP) is -0.642. The van der Waals surface area contributed by atoms with Gasteiger partial charge in [-0.25, -0.2) is 0 Å². The highest BCUT2D eigenvalue weighted by atomic mass is 16.6. The van der Waals surface area contributed by atoms with Gasteiger partial charge in [-0.3, -0.25) is 5.32 Å². The Morgan fingerprint density at radius 3 is 2.89 bits per heavy atom. The van der Waals surface area contributed by atoms with Crippen molar-refractivity contribution in [1.82, 2.24) is 10.2 Å². The van der Waals surface area contributed by atoms with Gasteiger partial charge in [0.15, 0.2) is 12.9 Å². The Morgan fingerprint density at radius 2 is 2.67 bits per heavy atom. The first-order valence-electron chi connectivity index (χ1n) is 2.43. The van der Waals surface area contributed by atoms with Crippen molar-refractivity contribution in [1.29, 1.82) is 0 Å². The molecule has 0 aromatic rings. The molecule has 0 aromatic carbocycles. The molecule has 1 aliphatic heterocycles. The van der Waals surface area contributed by atoms with E-state index in [2.05, 4.69) is 11.5 Å². The number of nitrogens with one attached hydrogen (secondary N) is 1. The van der Waals surface area contributed by atoms with Gasteiger partial charge in [-0.2, -0.15) is 0 Å². The molecule has 0 bridgehead atoms. The van der Waals surface area contributed by atoms with Crippen molar-refractivity contribution >= 4 is 0 Å². The second-order valence-electron chi connectivity index (χ2n) is 1.75. The van der Waals surface area contributed by atoms with Crippen LogP contribution < -0.4 is 5.32 Å². The second kappa shape index (κ2) is 1.93. The summed E-state index contributed by atoms with van der Waals surface area (Å²) < 4.78 is 0. The average molecular weight is 128 g/mol. The van der Waals surface area contributed by atoms with E-state index in [4.69, 9.17) is 0 Å². The Balaban J connectivity index is 2.62. The number of nitrogens with zero attached hydrogens (tertiary/aromatic N) is 2. The molecule has 0 saturated heterocycles. The quantitative estimate of drug-likeness (QED) is 0.377. The number of hydrogen-bond donors (Lipinski definition) is 1. The van der Waals surface area contributed by atoms with Crippen molar-refractivity contribution in [3.63, 3.8) is 0 Å². The highest BCUT2D eigenvalue weighted by Crippen LogP contribution is 1.98. The monoisotopic (exact) mass is 128 g/mol. The standard InChI is InChI=1S/C4H6N3O2/c1-6-2-4(5-3-6)7(8)9/h5H,3H2,1H3. The molecular formula is C4H6N3O2. The van der Waals surface area contributed by atoms with E-state index < -0.39 is 4.92 Å². The third-order valence-electron chi connectivity index (χ3n) is 0.963. The summed E-state index contributed by atoms with van der Waals surface area (Å²) in [4.78, 5) is 11.0. The van der Waals surface area contributed by atoms with Crippen LogP contribution in [-0.2, 0) is 0 Å². The van der Waals surface area contributed by atoms with Crippen LogP contribution in [0, 0.1) is 16.3 Å². The predicted molar refractivity (Wildman–Crippen MR) is 29.5 cm³/mol. The van der Waals surface area contributed by atoms with E-state index in [0.717, 1.165) is 0 Å². The van der Waals surface area contributed by atoms with E-state index in [0.29, 0.717) is 6.67 Å². The molecule has 1 heterocycles. The minimum absolute atomic E-state index is 0.0579. The maximum atomic E-state index is 9.96. The van der Waals surface area contributed by atoms with Crippen molar-refractivity contribution < 1.29 is 4.92 Å². The largest absolute Gasteiger partial charge is 0.358 e. The van der Waals surface area contributed by atoms with Crippen LogP contribution in [-0.4, -0.2) is 23.5 Å². The second-order valence-corrected chi connectivity index (χ2v) is 1.75. The third kappa shape index (κ3) is 1.10. The van der Waals surface area contributed by atoms with Crippen LogP contribution in [0.1, 0.15) is 0 Å². The average Bonchev–Trinajstić information content (AvgIpc) is 2.14. The molecule has 0 spiro atoms. The molecule has 1 radical (unpaired) electrons. The Labute approximate surface area is 52.1 Å². The van der Waals surface area contributed by atoms with Crippen molar-refractivity contribution in [2.75, 3.05) is 13.7 Å². The Hall–Kier alpha value is -1.26. The van der Waals surface area contributed by atoms with Gasteiger partial charge in [0.05, 0.1) is 0 Å². The fourth-order valence-electron chi connectivity index (χ4n) is 0.559. The highest BCUT2D eigenvalue weighted by Gasteiger charge is 2.17. The van der Waals surface area contributed by atoms with Gasteiger partial charge in [0.1, 0.15) is 0 Å². The fraction of sp³-hybridized carbons (Fsp3) is 0.500. The molecule has 0 fully saturated rings. The summed E-state index contributed by atoms with van der Waals surface area (Å²) in [5.41, 5.74) is 0. The Bertz CT molecular complexity index is 165. The summed E-state index contributed by atoms with van der Waals surface area (Å²) in [5.74, 6) is -0.0579. The van der Waals surface area contributed by atoms with Crippen LogP contribution in [0.2, 0.25) is 0 Å². The molecule has 0 amide bonds. The van der Waals surface area contributed by atoms with Crippen LogP contribution >= 0.6 is 0 Å². The molecule has 0 unspecified atom stereocenters. The van der Waals surface area contributed by atoms with E-state index in [1.54, 1.807) is 11.9 Å². The third-order valence-corrected chi connectivity index (χ3v) is 0.963. The van der Waals surface area contributed by atoms with Crippen molar-refractivity contribution in [2.45, 2.75) is 0 Å². The van der Waals surface area contributed by atoms with Gasteiger partial charge >= 0.3 is 5.82 Å². The van der Waals surface area contributed by atoms with Gasteiger partial charge in [-0.15, -0.1) is 0 Å². The smallest absolute Gasteiger partial charge is 0.343 e. The van der Waals surface area contributed by atoms with Crippen molar-refractivity contribution in [2.24, 2.45) is 0 Å². The van der Waals surface area contributed by atoms with Crippen LogP contribution in [0.25, 0.3) is 0 Å². The molecule has 0 aromatic heterocycles. The minimum Gasteiger partial charge on any atom is -0.358 e. The lowest BCUT2D eigenvalue weighted by atomic mass is 10.8. The lowest BCUT2D eigenvalue weighted by Gasteiger charge is -1.96. The summed E-state index contributed by atoms with van der Waals surface area (Å²) in [6, 6.07) is 0.